The normalized spacial score (nSPS) is 28.1. The Kier molecular flexibility index (Phi) is 4.76. The smallest absolute Gasteiger partial charge is 0.465 e. The van der Waals surface area contributed by atoms with Crippen LogP contribution in [0.4, 0.5) is 4.79 Å². The molecule has 3 aliphatic heterocycles. The van der Waals surface area contributed by atoms with Crippen molar-refractivity contribution >= 4 is 18.7 Å². The van der Waals surface area contributed by atoms with E-state index in [0.29, 0.717) is 25.6 Å². The van der Waals surface area contributed by atoms with E-state index in [2.05, 4.69) is 52.0 Å². The van der Waals surface area contributed by atoms with Gasteiger partial charge in [0, 0.05) is 19.0 Å². The quantitative estimate of drug-likeness (QED) is 0.791. The van der Waals surface area contributed by atoms with Gasteiger partial charge in [-0.1, -0.05) is 24.3 Å². The molecule has 0 unspecified atom stereocenters. The maximum Gasteiger partial charge on any atom is 0.494 e. The fraction of sp³-hybridized carbons (Fsp3) is 0.667. The van der Waals surface area contributed by atoms with E-state index >= 15 is 0 Å². The molecule has 28 heavy (non-hydrogen) atoms. The Morgan fingerprint density at radius 3 is 2.39 bits per heavy atom. The molecule has 1 aromatic rings. The maximum atomic E-state index is 11.2. The van der Waals surface area contributed by atoms with E-state index in [-0.39, 0.29) is 23.9 Å². The molecule has 0 aromatic heterocycles. The number of piperidine rings is 1. The van der Waals surface area contributed by atoms with E-state index in [4.69, 9.17) is 19.2 Å². The number of likely N-dealkylation sites (tertiary alicyclic amines) is 1. The van der Waals surface area contributed by atoms with Crippen LogP contribution in [0, 0.1) is 0 Å². The molecule has 152 valence electrons. The molecule has 1 amide bonds. The molecule has 3 saturated heterocycles. The third kappa shape index (κ3) is 3.44. The summed E-state index contributed by atoms with van der Waals surface area (Å²) in [7, 11) is -0.361. The van der Waals surface area contributed by atoms with Gasteiger partial charge >= 0.3 is 13.2 Å². The fourth-order valence-electron chi connectivity index (χ4n) is 4.45. The lowest BCUT2D eigenvalue weighted by molar-refractivity contribution is -0.0394. The predicted octanol–water partition coefficient (Wildman–Crippen LogP) is 3.00. The van der Waals surface area contributed by atoms with Gasteiger partial charge in [-0.3, -0.25) is 0 Å². The van der Waals surface area contributed by atoms with E-state index < -0.39 is 6.09 Å². The molecule has 1 N–H and O–H groups in total. The van der Waals surface area contributed by atoms with Crippen LogP contribution in [-0.4, -0.2) is 59.7 Å². The van der Waals surface area contributed by atoms with Crippen molar-refractivity contribution in [1.29, 1.82) is 0 Å². The maximum absolute atomic E-state index is 11.2. The molecule has 0 bridgehead atoms. The number of ether oxygens (including phenoxy) is 1. The zero-order chi connectivity index (χ0) is 20.2. The van der Waals surface area contributed by atoms with Crippen molar-refractivity contribution in [3.8, 4) is 0 Å². The Balaban J connectivity index is 1.46. The Hall–Kier alpha value is -1.57. The molecule has 7 heteroatoms. The Labute approximate surface area is 167 Å². The summed E-state index contributed by atoms with van der Waals surface area (Å²) in [6, 6.07) is 8.45. The predicted molar refractivity (Wildman–Crippen MR) is 107 cm³/mol. The second kappa shape index (κ2) is 6.75. The van der Waals surface area contributed by atoms with E-state index in [1.54, 1.807) is 0 Å². The first-order valence-electron chi connectivity index (χ1n) is 10.2. The van der Waals surface area contributed by atoms with Crippen molar-refractivity contribution in [3.05, 3.63) is 29.8 Å². The third-order valence-electron chi connectivity index (χ3n) is 7.06. The first kappa shape index (κ1) is 19.7. The van der Waals surface area contributed by atoms with Crippen LogP contribution in [-0.2, 0) is 14.0 Å². The van der Waals surface area contributed by atoms with Crippen molar-refractivity contribution in [1.82, 2.24) is 4.90 Å². The summed E-state index contributed by atoms with van der Waals surface area (Å²) < 4.78 is 18.6. The summed E-state index contributed by atoms with van der Waals surface area (Å²) in [6.07, 6.45) is 1.65. The average Bonchev–Trinajstić information content (AvgIpc) is 3.14. The van der Waals surface area contributed by atoms with Crippen LogP contribution in [0.3, 0.4) is 0 Å². The van der Waals surface area contributed by atoms with Gasteiger partial charge in [0.15, 0.2) is 0 Å². The number of nitrogens with zero attached hydrogens (tertiary/aromatic N) is 1. The van der Waals surface area contributed by atoms with Gasteiger partial charge < -0.3 is 24.1 Å². The van der Waals surface area contributed by atoms with Crippen molar-refractivity contribution in [2.75, 3.05) is 19.7 Å². The van der Waals surface area contributed by atoms with E-state index in [1.165, 1.54) is 10.5 Å². The summed E-state index contributed by atoms with van der Waals surface area (Å²) in [6.45, 7) is 10.0. The molecule has 6 nitrogen and oxygen atoms in total. The number of amides is 1. The second-order valence-corrected chi connectivity index (χ2v) is 9.42. The van der Waals surface area contributed by atoms with Crippen LogP contribution >= 0.6 is 0 Å². The van der Waals surface area contributed by atoms with Crippen LogP contribution < -0.4 is 5.46 Å². The summed E-state index contributed by atoms with van der Waals surface area (Å²) >= 11 is 0. The van der Waals surface area contributed by atoms with Crippen LogP contribution in [0.25, 0.3) is 0 Å². The number of rotatable bonds is 2. The Morgan fingerprint density at radius 1 is 1.14 bits per heavy atom. The zero-order valence-corrected chi connectivity index (χ0v) is 17.2. The molecule has 3 aliphatic rings. The molecule has 0 saturated carbocycles. The van der Waals surface area contributed by atoms with Crippen LogP contribution in [0.2, 0.25) is 0 Å². The van der Waals surface area contributed by atoms with E-state index in [1.807, 2.05) is 0 Å². The SMILES string of the molecule is CC1(C)OB(c2cccc([C@@H]3COC4(CCN(C(=O)O)CC4)C3)c2)OC1(C)C. The summed E-state index contributed by atoms with van der Waals surface area (Å²) in [5.74, 6) is 0.318. The van der Waals surface area contributed by atoms with Crippen LogP contribution in [0.1, 0.15) is 58.4 Å². The standard InChI is InChI=1S/C21H30BNO5/c1-19(2)20(3,4)28-22(27-19)17-7-5-6-15(12-17)16-13-21(26-14-16)8-10-23(11-9-21)18(24)25/h5-7,12,16H,8-11,13-14H2,1-4H3,(H,24,25)/t16-/m0/s1. The highest BCUT2D eigenvalue weighted by molar-refractivity contribution is 6.62. The number of carbonyl (C=O) groups is 1. The van der Waals surface area contributed by atoms with Crippen molar-refractivity contribution in [2.24, 2.45) is 0 Å². The number of hydrogen-bond donors (Lipinski definition) is 1. The summed E-state index contributed by atoms with van der Waals surface area (Å²) in [5, 5.41) is 9.17. The number of carboxylic acid groups (broad SMARTS) is 1. The highest BCUT2D eigenvalue weighted by Gasteiger charge is 2.52. The van der Waals surface area contributed by atoms with Crippen molar-refractivity contribution in [3.63, 3.8) is 0 Å². The first-order chi connectivity index (χ1) is 13.1. The molecule has 1 atom stereocenters. The van der Waals surface area contributed by atoms with Gasteiger partial charge in [-0.05, 0) is 58.0 Å². The molecule has 3 heterocycles. The molecule has 1 aromatic carbocycles. The van der Waals surface area contributed by atoms with Gasteiger partial charge in [-0.25, -0.2) is 4.79 Å². The van der Waals surface area contributed by atoms with Gasteiger partial charge in [-0.15, -0.1) is 0 Å². The Morgan fingerprint density at radius 2 is 1.79 bits per heavy atom. The van der Waals surface area contributed by atoms with Gasteiger partial charge in [0.05, 0.1) is 23.4 Å². The lowest BCUT2D eigenvalue weighted by Gasteiger charge is -2.37. The minimum Gasteiger partial charge on any atom is -0.465 e. The minimum atomic E-state index is -0.834. The molecule has 3 fully saturated rings. The molecule has 4 rings (SSSR count). The van der Waals surface area contributed by atoms with Crippen molar-refractivity contribution < 1.29 is 23.9 Å². The molecule has 1 spiro atoms. The Bertz CT molecular complexity index is 741. The average molecular weight is 387 g/mol. The van der Waals surface area contributed by atoms with Gasteiger partial charge in [-0.2, -0.15) is 0 Å². The van der Waals surface area contributed by atoms with E-state index in [0.717, 1.165) is 24.7 Å². The molecule has 0 radical (unpaired) electrons. The molecular formula is C21H30BNO5. The lowest BCUT2D eigenvalue weighted by Crippen LogP contribution is -2.46. The number of hydrogen-bond acceptors (Lipinski definition) is 4. The minimum absolute atomic E-state index is 0.184. The van der Waals surface area contributed by atoms with Crippen LogP contribution in [0.15, 0.2) is 24.3 Å². The topological polar surface area (TPSA) is 68.2 Å². The van der Waals surface area contributed by atoms with Crippen molar-refractivity contribution in [2.45, 2.75) is 69.7 Å². The molecule has 0 aliphatic carbocycles. The lowest BCUT2D eigenvalue weighted by atomic mass is 9.76. The van der Waals surface area contributed by atoms with Gasteiger partial charge in [0.2, 0.25) is 0 Å². The van der Waals surface area contributed by atoms with Gasteiger partial charge in [0.1, 0.15) is 0 Å². The second-order valence-electron chi connectivity index (χ2n) is 9.42. The van der Waals surface area contributed by atoms with E-state index in [9.17, 15) is 4.79 Å². The first-order valence-corrected chi connectivity index (χ1v) is 10.2. The number of benzene rings is 1. The van der Waals surface area contributed by atoms with Crippen LogP contribution in [0.5, 0.6) is 0 Å². The third-order valence-corrected chi connectivity index (χ3v) is 7.06. The fourth-order valence-corrected chi connectivity index (χ4v) is 4.45. The highest BCUT2D eigenvalue weighted by atomic mass is 16.7. The van der Waals surface area contributed by atoms with Gasteiger partial charge in [0.25, 0.3) is 0 Å². The summed E-state index contributed by atoms with van der Waals surface area (Å²) in [4.78, 5) is 12.6. The summed E-state index contributed by atoms with van der Waals surface area (Å²) in [5.41, 5.74) is 1.39. The molecular weight excluding hydrogens is 357 g/mol. The zero-order valence-electron chi connectivity index (χ0n) is 17.2. The largest absolute Gasteiger partial charge is 0.494 e. The highest BCUT2D eigenvalue weighted by Crippen LogP contribution is 2.43. The monoisotopic (exact) mass is 387 g/mol.